The van der Waals surface area contributed by atoms with E-state index in [-0.39, 0.29) is 5.91 Å². The highest BCUT2D eigenvalue weighted by Crippen LogP contribution is 2.45. The maximum atomic E-state index is 12.1. The molecule has 0 unspecified atom stereocenters. The van der Waals surface area contributed by atoms with E-state index in [1.807, 2.05) is 30.3 Å². The average molecular weight is 307 g/mol. The van der Waals surface area contributed by atoms with Crippen LogP contribution in [-0.2, 0) is 11.2 Å². The summed E-state index contributed by atoms with van der Waals surface area (Å²) in [5, 5.41) is 7.24. The number of benzene rings is 3. The van der Waals surface area contributed by atoms with Gasteiger partial charge in [-0.25, -0.2) is 0 Å². The molecule has 1 aliphatic heterocycles. The molecule has 0 radical (unpaired) electrons. The zero-order valence-electron chi connectivity index (χ0n) is 13.1. The number of nitrogens with one attached hydrogen (secondary N) is 1. The molecular formula is C19H17NO3. The van der Waals surface area contributed by atoms with Crippen LogP contribution in [0, 0.1) is 0 Å². The highest BCUT2D eigenvalue weighted by molar-refractivity contribution is 6.20. The molecule has 0 aromatic heterocycles. The second-order valence-corrected chi connectivity index (χ2v) is 5.71. The lowest BCUT2D eigenvalue weighted by molar-refractivity contribution is -0.116. The molecule has 0 saturated carbocycles. The summed E-state index contributed by atoms with van der Waals surface area (Å²) in [4.78, 5) is 12.1. The SMILES string of the molecule is COc1cc2c3c(cc4ccccc4c3c1OC)NC(=O)CC2. The fourth-order valence-electron chi connectivity index (χ4n) is 3.45. The molecule has 3 aromatic rings. The Bertz CT molecular complexity index is 946. The highest BCUT2D eigenvalue weighted by Gasteiger charge is 2.22. The van der Waals surface area contributed by atoms with Gasteiger partial charge in [-0.05, 0) is 34.9 Å². The third-order valence-corrected chi connectivity index (χ3v) is 4.45. The maximum Gasteiger partial charge on any atom is 0.224 e. The van der Waals surface area contributed by atoms with E-state index < -0.39 is 0 Å². The molecule has 1 N–H and O–H groups in total. The second kappa shape index (κ2) is 5.16. The van der Waals surface area contributed by atoms with Crippen molar-refractivity contribution in [1.82, 2.24) is 0 Å². The Balaban J connectivity index is 2.26. The topological polar surface area (TPSA) is 47.6 Å². The van der Waals surface area contributed by atoms with Gasteiger partial charge in [0.2, 0.25) is 5.91 Å². The number of carbonyl (C=O) groups excluding carboxylic acids is 1. The number of aryl methyl sites for hydroxylation is 1. The van der Waals surface area contributed by atoms with Crippen molar-refractivity contribution in [2.75, 3.05) is 19.5 Å². The van der Waals surface area contributed by atoms with Crippen molar-refractivity contribution < 1.29 is 14.3 Å². The molecule has 1 aliphatic rings. The summed E-state index contributed by atoms with van der Waals surface area (Å²) in [7, 11) is 3.29. The van der Waals surface area contributed by atoms with Crippen LogP contribution in [0.1, 0.15) is 12.0 Å². The lowest BCUT2D eigenvalue weighted by Crippen LogP contribution is -2.09. The molecule has 3 aromatic carbocycles. The molecule has 1 amide bonds. The number of ether oxygens (including phenoxy) is 2. The van der Waals surface area contributed by atoms with Crippen molar-refractivity contribution in [2.24, 2.45) is 0 Å². The van der Waals surface area contributed by atoms with Crippen molar-refractivity contribution in [2.45, 2.75) is 12.8 Å². The number of hydrogen-bond acceptors (Lipinski definition) is 3. The van der Waals surface area contributed by atoms with E-state index in [0.29, 0.717) is 24.3 Å². The highest BCUT2D eigenvalue weighted by atomic mass is 16.5. The molecule has 1 heterocycles. The zero-order chi connectivity index (χ0) is 16.0. The third kappa shape index (κ3) is 2.02. The summed E-state index contributed by atoms with van der Waals surface area (Å²) in [6, 6.07) is 12.1. The Labute approximate surface area is 134 Å². The van der Waals surface area contributed by atoms with Crippen LogP contribution in [-0.4, -0.2) is 20.1 Å². The zero-order valence-corrected chi connectivity index (χ0v) is 13.1. The van der Waals surface area contributed by atoms with Gasteiger partial charge >= 0.3 is 0 Å². The van der Waals surface area contributed by atoms with E-state index in [1.54, 1.807) is 14.2 Å². The van der Waals surface area contributed by atoms with E-state index >= 15 is 0 Å². The van der Waals surface area contributed by atoms with Gasteiger partial charge in [0.25, 0.3) is 0 Å². The standard InChI is InChI=1S/C19H17NO3/c1-22-15-10-12-7-8-16(21)20-14-9-11-5-3-4-6-13(11)18(17(12)14)19(15)23-2/h3-6,9-10H,7-8H2,1-2H3,(H,20,21). The number of carbonyl (C=O) groups is 1. The molecule has 4 rings (SSSR count). The van der Waals surface area contributed by atoms with E-state index in [9.17, 15) is 4.79 Å². The summed E-state index contributed by atoms with van der Waals surface area (Å²) < 4.78 is 11.2. The van der Waals surface area contributed by atoms with E-state index in [4.69, 9.17) is 9.47 Å². The van der Waals surface area contributed by atoms with Gasteiger partial charge in [0, 0.05) is 22.9 Å². The fraction of sp³-hybridized carbons (Fsp3) is 0.211. The second-order valence-electron chi connectivity index (χ2n) is 5.71. The van der Waals surface area contributed by atoms with Gasteiger partial charge in [0.15, 0.2) is 11.5 Å². The summed E-state index contributed by atoms with van der Waals surface area (Å²) in [6.45, 7) is 0. The van der Waals surface area contributed by atoms with Gasteiger partial charge in [-0.1, -0.05) is 24.3 Å². The molecule has 0 aliphatic carbocycles. The predicted molar refractivity (Wildman–Crippen MR) is 91.5 cm³/mol. The molecule has 116 valence electrons. The number of anilines is 1. The normalized spacial score (nSPS) is 13.7. The van der Waals surface area contributed by atoms with Crippen LogP contribution < -0.4 is 14.8 Å². The minimum absolute atomic E-state index is 0.0377. The Hall–Kier alpha value is -2.75. The van der Waals surface area contributed by atoms with Gasteiger partial charge in [0.1, 0.15) is 0 Å². The number of methoxy groups -OCH3 is 2. The molecule has 0 fully saturated rings. The molecule has 0 bridgehead atoms. The molecule has 4 heteroatoms. The number of rotatable bonds is 2. The lowest BCUT2D eigenvalue weighted by Gasteiger charge is -2.17. The van der Waals surface area contributed by atoms with Gasteiger partial charge in [-0.2, -0.15) is 0 Å². The molecule has 0 spiro atoms. The summed E-state index contributed by atoms with van der Waals surface area (Å²) in [5.74, 6) is 1.45. The van der Waals surface area contributed by atoms with Crippen molar-refractivity contribution in [3.63, 3.8) is 0 Å². The Morgan fingerprint density at radius 2 is 1.83 bits per heavy atom. The van der Waals surface area contributed by atoms with Gasteiger partial charge in [0.05, 0.1) is 14.2 Å². The quantitative estimate of drug-likeness (QED) is 0.731. The first-order valence-corrected chi connectivity index (χ1v) is 7.62. The van der Waals surface area contributed by atoms with Gasteiger partial charge in [-0.3, -0.25) is 4.79 Å². The molecular weight excluding hydrogens is 290 g/mol. The van der Waals surface area contributed by atoms with Crippen LogP contribution in [0.25, 0.3) is 21.5 Å². The predicted octanol–water partition coefficient (Wildman–Crippen LogP) is 3.89. The molecule has 4 nitrogen and oxygen atoms in total. The van der Waals surface area contributed by atoms with Crippen LogP contribution in [0.3, 0.4) is 0 Å². The maximum absolute atomic E-state index is 12.1. The van der Waals surface area contributed by atoms with Crippen molar-refractivity contribution >= 4 is 33.1 Å². The lowest BCUT2D eigenvalue weighted by atomic mass is 9.94. The van der Waals surface area contributed by atoms with Crippen molar-refractivity contribution in [3.8, 4) is 11.5 Å². The molecule has 0 atom stereocenters. The first kappa shape index (κ1) is 13.9. The Morgan fingerprint density at radius 1 is 1.00 bits per heavy atom. The van der Waals surface area contributed by atoms with Gasteiger partial charge < -0.3 is 14.8 Å². The van der Waals surface area contributed by atoms with Crippen molar-refractivity contribution in [3.05, 3.63) is 42.0 Å². The number of amides is 1. The van der Waals surface area contributed by atoms with Crippen LogP contribution in [0.15, 0.2) is 36.4 Å². The van der Waals surface area contributed by atoms with Crippen LogP contribution in [0.5, 0.6) is 11.5 Å². The van der Waals surface area contributed by atoms with E-state index in [0.717, 1.165) is 32.8 Å². The Morgan fingerprint density at radius 3 is 2.61 bits per heavy atom. The summed E-state index contributed by atoms with van der Waals surface area (Å²) in [5.41, 5.74) is 1.95. The third-order valence-electron chi connectivity index (χ3n) is 4.45. The van der Waals surface area contributed by atoms with Gasteiger partial charge in [-0.15, -0.1) is 0 Å². The summed E-state index contributed by atoms with van der Waals surface area (Å²) in [6.07, 6.45) is 1.16. The smallest absolute Gasteiger partial charge is 0.224 e. The fourth-order valence-corrected chi connectivity index (χ4v) is 3.45. The minimum Gasteiger partial charge on any atom is -0.493 e. The largest absolute Gasteiger partial charge is 0.493 e. The summed E-state index contributed by atoms with van der Waals surface area (Å²) >= 11 is 0. The van der Waals surface area contributed by atoms with Crippen LogP contribution >= 0.6 is 0 Å². The number of hydrogen-bond donors (Lipinski definition) is 1. The van der Waals surface area contributed by atoms with Crippen LogP contribution in [0.2, 0.25) is 0 Å². The first-order valence-electron chi connectivity index (χ1n) is 7.62. The molecule has 0 saturated heterocycles. The van der Waals surface area contributed by atoms with Crippen LogP contribution in [0.4, 0.5) is 5.69 Å². The minimum atomic E-state index is 0.0377. The average Bonchev–Trinajstić information content (AvgIpc) is 2.73. The Kier molecular flexibility index (Phi) is 3.11. The van der Waals surface area contributed by atoms with E-state index in [2.05, 4.69) is 11.4 Å². The first-order chi connectivity index (χ1) is 11.2. The van der Waals surface area contributed by atoms with E-state index in [1.165, 1.54) is 0 Å². The number of fused-ring (bicyclic) bond motifs is 2. The van der Waals surface area contributed by atoms with Crippen molar-refractivity contribution in [1.29, 1.82) is 0 Å². The molecule has 23 heavy (non-hydrogen) atoms. The monoisotopic (exact) mass is 307 g/mol.